The number of nitriles is 1. The van der Waals surface area contributed by atoms with E-state index >= 15 is 0 Å². The number of aromatic nitrogens is 5. The average molecular weight is 554 g/mol. The Morgan fingerprint density at radius 1 is 1.18 bits per heavy atom. The summed E-state index contributed by atoms with van der Waals surface area (Å²) >= 11 is 0. The van der Waals surface area contributed by atoms with Gasteiger partial charge < -0.3 is 24.1 Å². The van der Waals surface area contributed by atoms with Gasteiger partial charge in [-0.25, -0.2) is 14.8 Å². The molecule has 206 valence electrons. The molecule has 1 saturated heterocycles. The van der Waals surface area contributed by atoms with E-state index < -0.39 is 17.3 Å². The van der Waals surface area contributed by atoms with Gasteiger partial charge in [-0.1, -0.05) is 0 Å². The summed E-state index contributed by atoms with van der Waals surface area (Å²) < 4.78 is 48.0. The molecule has 15 heteroatoms. The van der Waals surface area contributed by atoms with Crippen LogP contribution in [0.4, 0.5) is 35.4 Å². The molecule has 5 heterocycles. The number of ether oxygens (including phenoxy) is 1. The lowest BCUT2D eigenvalue weighted by molar-refractivity contribution is -0.138. The van der Waals surface area contributed by atoms with Gasteiger partial charge in [-0.3, -0.25) is 10.1 Å². The molecular formula is C25H22F3N9O3. The van der Waals surface area contributed by atoms with Crippen molar-refractivity contribution in [2.24, 2.45) is 14.1 Å². The molecule has 40 heavy (non-hydrogen) atoms. The molecule has 0 radical (unpaired) electrons. The lowest BCUT2D eigenvalue weighted by atomic mass is 10.2. The number of anilines is 3. The van der Waals surface area contributed by atoms with Crippen LogP contribution in [0.2, 0.25) is 0 Å². The van der Waals surface area contributed by atoms with Crippen molar-refractivity contribution in [3.05, 3.63) is 58.3 Å². The summed E-state index contributed by atoms with van der Waals surface area (Å²) in [7, 11) is 2.72. The minimum absolute atomic E-state index is 0.0107. The van der Waals surface area contributed by atoms with E-state index in [1.807, 2.05) is 0 Å². The predicted octanol–water partition coefficient (Wildman–Crippen LogP) is 4.12. The maximum Gasteiger partial charge on any atom is 0.417 e. The Kier molecular flexibility index (Phi) is 6.76. The molecule has 4 aromatic heterocycles. The van der Waals surface area contributed by atoms with E-state index in [-0.39, 0.29) is 51.7 Å². The topological polar surface area (TPSA) is 143 Å². The lowest BCUT2D eigenvalue weighted by Crippen LogP contribution is -2.32. The lowest BCUT2D eigenvalue weighted by Gasteiger charge is -2.16. The van der Waals surface area contributed by atoms with Crippen molar-refractivity contribution in [1.82, 2.24) is 29.0 Å². The van der Waals surface area contributed by atoms with Gasteiger partial charge in [0.1, 0.15) is 34.4 Å². The number of carbonyl (C=O) groups excluding carboxylic acids is 1. The molecule has 1 aliphatic heterocycles. The number of amides is 2. The van der Waals surface area contributed by atoms with Crippen LogP contribution in [0.5, 0.6) is 11.5 Å². The maximum atomic E-state index is 13.3. The quantitative estimate of drug-likeness (QED) is 0.376. The molecule has 0 aromatic carbocycles. The molecule has 1 fully saturated rings. The van der Waals surface area contributed by atoms with Crippen molar-refractivity contribution in [1.29, 1.82) is 5.26 Å². The first-order valence-corrected chi connectivity index (χ1v) is 12.1. The SMILES string of the molecule is Cn1cc(C(F)(F)F)cc(Nc2nc3ncc(Oc4ccnc(NC(=O)N5CCCC5)c4)c(C#N)c3n2C)c1=O. The van der Waals surface area contributed by atoms with Crippen LogP contribution in [0.15, 0.2) is 41.6 Å². The fourth-order valence-electron chi connectivity index (χ4n) is 4.31. The second kappa shape index (κ2) is 10.2. The van der Waals surface area contributed by atoms with Gasteiger partial charge in [0.05, 0.1) is 11.8 Å². The molecule has 0 spiro atoms. The van der Waals surface area contributed by atoms with Crippen LogP contribution in [-0.4, -0.2) is 48.1 Å². The zero-order valence-corrected chi connectivity index (χ0v) is 21.3. The monoisotopic (exact) mass is 553 g/mol. The largest absolute Gasteiger partial charge is 0.454 e. The summed E-state index contributed by atoms with van der Waals surface area (Å²) in [5, 5.41) is 15.3. The van der Waals surface area contributed by atoms with Gasteiger partial charge in [0.15, 0.2) is 11.4 Å². The first-order valence-electron chi connectivity index (χ1n) is 12.1. The smallest absolute Gasteiger partial charge is 0.417 e. The molecule has 5 rings (SSSR count). The summed E-state index contributed by atoms with van der Waals surface area (Å²) in [5.74, 6) is 0.597. The summed E-state index contributed by atoms with van der Waals surface area (Å²) in [6.45, 7) is 1.34. The highest BCUT2D eigenvalue weighted by molar-refractivity contribution is 5.88. The van der Waals surface area contributed by atoms with Gasteiger partial charge in [-0.2, -0.15) is 23.4 Å². The molecule has 4 aromatic rings. The van der Waals surface area contributed by atoms with E-state index in [2.05, 4.69) is 31.7 Å². The van der Waals surface area contributed by atoms with E-state index in [9.17, 15) is 28.0 Å². The van der Waals surface area contributed by atoms with E-state index in [0.29, 0.717) is 25.4 Å². The number of carbonyl (C=O) groups is 1. The minimum atomic E-state index is -4.67. The Morgan fingerprint density at radius 3 is 2.62 bits per heavy atom. The number of pyridine rings is 3. The van der Waals surface area contributed by atoms with Crippen LogP contribution in [0.25, 0.3) is 11.2 Å². The van der Waals surface area contributed by atoms with Crippen LogP contribution in [0, 0.1) is 11.3 Å². The standard InChI is InChI=1S/C25H22F3N9O3/c1-35-13-14(25(26,27)28)9-17(22(35)38)32-23-34-21-20(36(23)2)16(11-29)18(12-31-21)40-15-5-6-30-19(10-15)33-24(39)37-7-3-4-8-37/h5-6,9-10,12-13H,3-4,7-8H2,1-2H3,(H,30,33,39)(H,31,32,34). The number of fused-ring (bicyclic) bond motifs is 1. The van der Waals surface area contributed by atoms with Crippen LogP contribution in [0.3, 0.4) is 0 Å². The molecule has 0 aliphatic carbocycles. The highest BCUT2D eigenvalue weighted by Gasteiger charge is 2.32. The minimum Gasteiger partial charge on any atom is -0.454 e. The Labute approximate surface area is 224 Å². The molecule has 2 N–H and O–H groups in total. The van der Waals surface area contributed by atoms with Gasteiger partial charge >= 0.3 is 12.2 Å². The molecule has 12 nitrogen and oxygen atoms in total. The summed E-state index contributed by atoms with van der Waals surface area (Å²) in [5.41, 5.74) is -1.71. The van der Waals surface area contributed by atoms with Crippen LogP contribution in [-0.2, 0) is 20.3 Å². The number of imidazole rings is 1. The number of likely N-dealkylation sites (tertiary alicyclic amines) is 1. The molecular weight excluding hydrogens is 531 g/mol. The third kappa shape index (κ3) is 5.10. The normalized spacial score (nSPS) is 13.3. The van der Waals surface area contributed by atoms with E-state index in [1.165, 1.54) is 43.2 Å². The molecule has 0 saturated carbocycles. The number of rotatable bonds is 5. The molecule has 0 bridgehead atoms. The number of halogens is 3. The van der Waals surface area contributed by atoms with Gasteiger partial charge in [0, 0.05) is 45.6 Å². The Hall–Kier alpha value is -5.13. The van der Waals surface area contributed by atoms with Crippen molar-refractivity contribution in [3.8, 4) is 17.6 Å². The van der Waals surface area contributed by atoms with E-state index in [0.717, 1.165) is 17.4 Å². The summed E-state index contributed by atoms with van der Waals surface area (Å²) in [4.78, 5) is 39.2. The van der Waals surface area contributed by atoms with Crippen molar-refractivity contribution in [3.63, 3.8) is 0 Å². The third-order valence-corrected chi connectivity index (χ3v) is 6.32. The fourth-order valence-corrected chi connectivity index (χ4v) is 4.31. The Morgan fingerprint density at radius 2 is 1.93 bits per heavy atom. The zero-order chi connectivity index (χ0) is 28.6. The highest BCUT2D eigenvalue weighted by atomic mass is 19.4. The fraction of sp³-hybridized carbons (Fsp3) is 0.280. The molecule has 2 amide bonds. The van der Waals surface area contributed by atoms with Crippen molar-refractivity contribution < 1.29 is 22.7 Å². The first-order chi connectivity index (χ1) is 19.0. The van der Waals surface area contributed by atoms with Crippen LogP contribution in [0.1, 0.15) is 24.0 Å². The Balaban J connectivity index is 1.45. The van der Waals surface area contributed by atoms with Gasteiger partial charge in [0.2, 0.25) is 5.95 Å². The van der Waals surface area contributed by atoms with Crippen molar-refractivity contribution in [2.45, 2.75) is 19.0 Å². The van der Waals surface area contributed by atoms with Crippen LogP contribution >= 0.6 is 0 Å². The van der Waals surface area contributed by atoms with Gasteiger partial charge in [-0.15, -0.1) is 0 Å². The van der Waals surface area contributed by atoms with E-state index in [4.69, 9.17) is 4.74 Å². The molecule has 0 atom stereocenters. The zero-order valence-electron chi connectivity index (χ0n) is 21.3. The first kappa shape index (κ1) is 26.5. The number of alkyl halides is 3. The Bertz CT molecular complexity index is 1720. The highest BCUT2D eigenvalue weighted by Crippen LogP contribution is 2.33. The summed E-state index contributed by atoms with van der Waals surface area (Å²) in [6.07, 6.45) is 0.637. The second-order valence-electron chi connectivity index (χ2n) is 9.06. The van der Waals surface area contributed by atoms with Gasteiger partial charge in [-0.05, 0) is 25.0 Å². The van der Waals surface area contributed by atoms with Crippen molar-refractivity contribution >= 4 is 34.6 Å². The number of hydrogen-bond acceptors (Lipinski definition) is 8. The summed E-state index contributed by atoms with van der Waals surface area (Å²) in [6, 6.07) is 5.51. The van der Waals surface area contributed by atoms with E-state index in [1.54, 1.807) is 4.90 Å². The number of urea groups is 1. The maximum absolute atomic E-state index is 13.3. The van der Waals surface area contributed by atoms with Gasteiger partial charge in [0.25, 0.3) is 5.56 Å². The number of hydrogen-bond donors (Lipinski definition) is 2. The molecule has 0 unspecified atom stereocenters. The average Bonchev–Trinajstić information content (AvgIpc) is 3.55. The number of nitrogens with zero attached hydrogens (tertiary/aromatic N) is 7. The predicted molar refractivity (Wildman–Crippen MR) is 137 cm³/mol. The number of aryl methyl sites for hydroxylation is 2. The van der Waals surface area contributed by atoms with Crippen molar-refractivity contribution in [2.75, 3.05) is 23.7 Å². The second-order valence-corrected chi connectivity index (χ2v) is 9.06. The third-order valence-electron chi connectivity index (χ3n) is 6.32. The molecule has 1 aliphatic rings. The van der Waals surface area contributed by atoms with Crippen LogP contribution < -0.4 is 20.9 Å². The number of nitrogens with one attached hydrogen (secondary N) is 2.